The number of carbonyl (C=O) groups excluding carboxylic acids is 1. The van der Waals surface area contributed by atoms with Gasteiger partial charge in [-0.25, -0.2) is 9.37 Å². The molecule has 1 aliphatic heterocycles. The maximum Gasteiger partial charge on any atom is 0.252 e. The van der Waals surface area contributed by atoms with Crippen LogP contribution in [0, 0.1) is 5.82 Å². The summed E-state index contributed by atoms with van der Waals surface area (Å²) in [6, 6.07) is 16.4. The molecule has 1 saturated heterocycles. The Labute approximate surface area is 199 Å². The van der Waals surface area contributed by atoms with Gasteiger partial charge in [0.05, 0.1) is 11.3 Å². The number of piperidine rings is 1. The van der Waals surface area contributed by atoms with E-state index in [-0.39, 0.29) is 11.4 Å². The third kappa shape index (κ3) is 5.73. The van der Waals surface area contributed by atoms with Gasteiger partial charge in [0, 0.05) is 43.3 Å². The van der Waals surface area contributed by atoms with E-state index in [0.29, 0.717) is 24.0 Å². The van der Waals surface area contributed by atoms with E-state index in [9.17, 15) is 9.18 Å². The van der Waals surface area contributed by atoms with E-state index in [4.69, 9.17) is 5.73 Å². The van der Waals surface area contributed by atoms with Crippen molar-refractivity contribution < 1.29 is 9.18 Å². The fourth-order valence-electron chi connectivity index (χ4n) is 4.29. The number of halogens is 1. The summed E-state index contributed by atoms with van der Waals surface area (Å²) in [6.07, 6.45) is 3.69. The van der Waals surface area contributed by atoms with Crippen molar-refractivity contribution in [1.29, 1.82) is 0 Å². The Morgan fingerprint density at radius 2 is 1.91 bits per heavy atom. The van der Waals surface area contributed by atoms with Gasteiger partial charge in [-0.2, -0.15) is 0 Å². The SMILES string of the molecule is C=C(C)N1CCC(c2ccc(Nc3cc(NCc4cccc(F)c4)c(C(N)=O)cn3)cc2)CC1. The van der Waals surface area contributed by atoms with Gasteiger partial charge in [-0.15, -0.1) is 0 Å². The molecule has 0 saturated carbocycles. The number of primary amides is 1. The molecule has 176 valence electrons. The first-order chi connectivity index (χ1) is 16.4. The molecule has 34 heavy (non-hydrogen) atoms. The first-order valence-electron chi connectivity index (χ1n) is 11.4. The predicted octanol–water partition coefficient (Wildman–Crippen LogP) is 5.39. The number of pyridine rings is 1. The quantitative estimate of drug-likeness (QED) is 0.421. The average molecular weight is 460 g/mol. The minimum atomic E-state index is -0.581. The molecule has 0 unspecified atom stereocenters. The van der Waals surface area contributed by atoms with Crippen LogP contribution in [0.5, 0.6) is 0 Å². The molecular formula is C27H30FN5O. The first kappa shape index (κ1) is 23.3. The van der Waals surface area contributed by atoms with E-state index >= 15 is 0 Å². The zero-order valence-electron chi connectivity index (χ0n) is 19.4. The second-order valence-electron chi connectivity index (χ2n) is 8.71. The Hall–Kier alpha value is -3.87. The summed E-state index contributed by atoms with van der Waals surface area (Å²) >= 11 is 0. The molecule has 0 atom stereocenters. The number of nitrogens with two attached hydrogens (primary N) is 1. The number of allylic oxidation sites excluding steroid dienone is 1. The molecule has 1 aliphatic rings. The molecule has 1 amide bonds. The molecule has 7 heteroatoms. The Balaban J connectivity index is 1.43. The van der Waals surface area contributed by atoms with Crippen LogP contribution in [0.4, 0.5) is 21.6 Å². The average Bonchev–Trinajstić information content (AvgIpc) is 2.83. The summed E-state index contributed by atoms with van der Waals surface area (Å²) in [4.78, 5) is 18.5. The van der Waals surface area contributed by atoms with Gasteiger partial charge in [-0.3, -0.25) is 4.79 Å². The largest absolute Gasteiger partial charge is 0.380 e. The lowest BCUT2D eigenvalue weighted by Crippen LogP contribution is -2.31. The summed E-state index contributed by atoms with van der Waals surface area (Å²) in [5.41, 5.74) is 10.5. The number of aromatic nitrogens is 1. The maximum absolute atomic E-state index is 13.5. The monoisotopic (exact) mass is 459 g/mol. The highest BCUT2D eigenvalue weighted by Crippen LogP contribution is 2.30. The molecular weight excluding hydrogens is 429 g/mol. The highest BCUT2D eigenvalue weighted by atomic mass is 19.1. The van der Waals surface area contributed by atoms with E-state index in [1.165, 1.54) is 23.9 Å². The van der Waals surface area contributed by atoms with Crippen LogP contribution in [-0.4, -0.2) is 28.9 Å². The van der Waals surface area contributed by atoms with Crippen LogP contribution in [0.1, 0.15) is 47.2 Å². The number of nitrogens with zero attached hydrogens (tertiary/aromatic N) is 2. The van der Waals surface area contributed by atoms with Gasteiger partial charge in [0.15, 0.2) is 0 Å². The molecule has 0 radical (unpaired) electrons. The van der Waals surface area contributed by atoms with E-state index in [1.807, 2.05) is 18.2 Å². The minimum Gasteiger partial charge on any atom is -0.380 e. The molecule has 2 aromatic carbocycles. The third-order valence-electron chi connectivity index (χ3n) is 6.23. The van der Waals surface area contributed by atoms with Gasteiger partial charge in [-0.05, 0) is 61.1 Å². The predicted molar refractivity (Wildman–Crippen MR) is 135 cm³/mol. The minimum absolute atomic E-state index is 0.276. The molecule has 0 aliphatic carbocycles. The highest BCUT2D eigenvalue weighted by Gasteiger charge is 2.20. The number of nitrogens with one attached hydrogen (secondary N) is 2. The summed E-state index contributed by atoms with van der Waals surface area (Å²) in [5.74, 6) is 0.240. The van der Waals surface area contributed by atoms with Gasteiger partial charge in [-0.1, -0.05) is 30.8 Å². The van der Waals surface area contributed by atoms with Crippen LogP contribution in [0.25, 0.3) is 0 Å². The second-order valence-corrected chi connectivity index (χ2v) is 8.71. The standard InChI is InChI=1S/C27H30FN5O/c1-18(2)33-12-10-21(11-13-33)20-6-8-23(9-7-20)32-26-15-25(24(17-31-26)27(29)34)30-16-19-4-3-5-22(28)14-19/h3-9,14-15,17,21H,1,10-13,16H2,2H3,(H2,29,34)(H2,30,31,32). The molecule has 0 bridgehead atoms. The van der Waals surface area contributed by atoms with Crippen LogP contribution < -0.4 is 16.4 Å². The number of amides is 1. The van der Waals surface area contributed by atoms with Gasteiger partial charge in [0.2, 0.25) is 0 Å². The Morgan fingerprint density at radius 1 is 1.18 bits per heavy atom. The van der Waals surface area contributed by atoms with E-state index < -0.39 is 5.91 Å². The lowest BCUT2D eigenvalue weighted by molar-refractivity contribution is 0.100. The summed E-state index contributed by atoms with van der Waals surface area (Å²) < 4.78 is 13.5. The number of rotatable bonds is 8. The van der Waals surface area contributed by atoms with Crippen LogP contribution in [0.3, 0.4) is 0 Å². The number of likely N-dealkylation sites (tertiary alicyclic amines) is 1. The molecule has 4 N–H and O–H groups in total. The Morgan fingerprint density at radius 3 is 2.56 bits per heavy atom. The summed E-state index contributed by atoms with van der Waals surface area (Å²) in [5, 5.41) is 6.46. The van der Waals surface area contributed by atoms with Crippen molar-refractivity contribution in [3.8, 4) is 0 Å². The van der Waals surface area contributed by atoms with Gasteiger partial charge >= 0.3 is 0 Å². The molecule has 0 spiro atoms. The van der Waals surface area contributed by atoms with Crippen molar-refractivity contribution in [3.63, 3.8) is 0 Å². The Bertz CT molecular complexity index is 1170. The lowest BCUT2D eigenvalue weighted by Gasteiger charge is -2.34. The number of benzene rings is 2. The number of hydrogen-bond acceptors (Lipinski definition) is 5. The third-order valence-corrected chi connectivity index (χ3v) is 6.23. The number of hydrogen-bond donors (Lipinski definition) is 3. The van der Waals surface area contributed by atoms with Crippen LogP contribution in [0.2, 0.25) is 0 Å². The highest BCUT2D eigenvalue weighted by molar-refractivity contribution is 5.98. The van der Waals surface area contributed by atoms with E-state index in [0.717, 1.165) is 42.9 Å². The topological polar surface area (TPSA) is 83.3 Å². The van der Waals surface area contributed by atoms with Crippen LogP contribution in [-0.2, 0) is 6.54 Å². The molecule has 1 fully saturated rings. The maximum atomic E-state index is 13.5. The Kier molecular flexibility index (Phi) is 7.11. The molecule has 2 heterocycles. The van der Waals surface area contributed by atoms with Crippen LogP contribution in [0.15, 0.2) is 73.1 Å². The van der Waals surface area contributed by atoms with Crippen molar-refractivity contribution >= 4 is 23.1 Å². The zero-order valence-corrected chi connectivity index (χ0v) is 19.4. The van der Waals surface area contributed by atoms with Gasteiger partial charge < -0.3 is 21.3 Å². The van der Waals surface area contributed by atoms with Crippen LogP contribution >= 0.6 is 0 Å². The smallest absolute Gasteiger partial charge is 0.252 e. The molecule has 4 rings (SSSR count). The summed E-state index contributed by atoms with van der Waals surface area (Å²) in [7, 11) is 0. The second kappa shape index (κ2) is 10.4. The van der Waals surface area contributed by atoms with Gasteiger partial charge in [0.1, 0.15) is 11.6 Å². The van der Waals surface area contributed by atoms with Gasteiger partial charge in [0.25, 0.3) is 5.91 Å². The zero-order chi connectivity index (χ0) is 24.1. The van der Waals surface area contributed by atoms with Crippen molar-refractivity contribution in [2.75, 3.05) is 23.7 Å². The number of carbonyl (C=O) groups is 1. The van der Waals surface area contributed by atoms with Crippen molar-refractivity contribution in [2.45, 2.75) is 32.2 Å². The normalized spacial score (nSPS) is 14.0. The summed E-state index contributed by atoms with van der Waals surface area (Å²) in [6.45, 7) is 8.54. The van der Waals surface area contributed by atoms with Crippen molar-refractivity contribution in [1.82, 2.24) is 9.88 Å². The fourth-order valence-corrected chi connectivity index (χ4v) is 4.29. The lowest BCUT2D eigenvalue weighted by atomic mass is 9.89. The number of anilines is 3. The fraction of sp³-hybridized carbons (Fsp3) is 0.259. The molecule has 6 nitrogen and oxygen atoms in total. The molecule has 3 aromatic rings. The van der Waals surface area contributed by atoms with E-state index in [1.54, 1.807) is 12.1 Å². The molecule has 1 aromatic heterocycles. The van der Waals surface area contributed by atoms with Crippen molar-refractivity contribution in [3.05, 3.63) is 95.6 Å². The van der Waals surface area contributed by atoms with Crippen molar-refractivity contribution in [2.24, 2.45) is 5.73 Å². The van der Waals surface area contributed by atoms with E-state index in [2.05, 4.69) is 46.2 Å². The first-order valence-corrected chi connectivity index (χ1v) is 11.4.